The summed E-state index contributed by atoms with van der Waals surface area (Å²) in [5.74, 6) is 0.297. The predicted molar refractivity (Wildman–Crippen MR) is 55.4 cm³/mol. The smallest absolute Gasteiger partial charge is 0.316 e. The molecule has 2 N–H and O–H groups in total. The third kappa shape index (κ3) is 2.42. The van der Waals surface area contributed by atoms with Gasteiger partial charge in [-0.3, -0.25) is 0 Å². The maximum atomic E-state index is 5.58. The van der Waals surface area contributed by atoms with Crippen LogP contribution in [0.4, 0.5) is 0 Å². The summed E-state index contributed by atoms with van der Waals surface area (Å²) in [6.07, 6.45) is 1.80. The van der Waals surface area contributed by atoms with E-state index in [9.17, 15) is 0 Å². The molecule has 0 spiro atoms. The van der Waals surface area contributed by atoms with Gasteiger partial charge in [0.25, 0.3) is 0 Å². The molecule has 1 heterocycles. The normalized spacial score (nSPS) is 12.6. The van der Waals surface area contributed by atoms with Crippen molar-refractivity contribution in [1.82, 2.24) is 9.97 Å². The highest BCUT2D eigenvalue weighted by atomic mass is 16.5. The number of hydrogen-bond acceptors (Lipinski definition) is 4. The summed E-state index contributed by atoms with van der Waals surface area (Å²) in [5.41, 5.74) is 7.62. The summed E-state index contributed by atoms with van der Waals surface area (Å²) in [5, 5.41) is 0. The molecule has 0 aliphatic rings. The van der Waals surface area contributed by atoms with Gasteiger partial charge in [-0.25, -0.2) is 9.97 Å². The van der Waals surface area contributed by atoms with Crippen LogP contribution in [0.15, 0.2) is 6.20 Å². The van der Waals surface area contributed by atoms with Crippen LogP contribution in [0.3, 0.4) is 0 Å². The molecule has 1 rings (SSSR count). The molecule has 1 aromatic heterocycles. The molecular weight excluding hydrogens is 178 g/mol. The molecule has 14 heavy (non-hydrogen) atoms. The van der Waals surface area contributed by atoms with Gasteiger partial charge in [0.05, 0.1) is 6.61 Å². The third-order valence-corrected chi connectivity index (χ3v) is 2.15. The molecule has 0 fully saturated rings. The molecule has 0 aliphatic carbocycles. The maximum Gasteiger partial charge on any atom is 0.316 e. The molecule has 4 nitrogen and oxygen atoms in total. The van der Waals surface area contributed by atoms with Crippen LogP contribution in [0.25, 0.3) is 0 Å². The molecule has 1 aromatic rings. The van der Waals surface area contributed by atoms with Crippen molar-refractivity contribution in [3.05, 3.63) is 17.5 Å². The standard InChI is InChI=1S/C10H17N3O/c1-4-14-10-12-6-9(7(2)5-11)8(3)13-10/h6-7H,4-5,11H2,1-3H3. The second-order valence-corrected chi connectivity index (χ2v) is 3.26. The second-order valence-electron chi connectivity index (χ2n) is 3.26. The van der Waals surface area contributed by atoms with Crippen molar-refractivity contribution in [3.63, 3.8) is 0 Å². The van der Waals surface area contributed by atoms with Gasteiger partial charge in [0.1, 0.15) is 0 Å². The highest BCUT2D eigenvalue weighted by Crippen LogP contribution is 2.17. The number of ether oxygens (including phenoxy) is 1. The fourth-order valence-electron chi connectivity index (χ4n) is 1.26. The predicted octanol–water partition coefficient (Wildman–Crippen LogP) is 1.25. The minimum atomic E-state index is 0.297. The lowest BCUT2D eigenvalue weighted by Crippen LogP contribution is -2.12. The Kier molecular flexibility index (Phi) is 3.83. The Bertz CT molecular complexity index is 301. The fourth-order valence-corrected chi connectivity index (χ4v) is 1.26. The first-order valence-corrected chi connectivity index (χ1v) is 4.85. The first kappa shape index (κ1) is 10.9. The van der Waals surface area contributed by atoms with Gasteiger partial charge in [-0.1, -0.05) is 6.92 Å². The van der Waals surface area contributed by atoms with E-state index < -0.39 is 0 Å². The quantitative estimate of drug-likeness (QED) is 0.785. The third-order valence-electron chi connectivity index (χ3n) is 2.15. The summed E-state index contributed by atoms with van der Waals surface area (Å²) < 4.78 is 5.20. The SMILES string of the molecule is CCOc1ncc(C(C)CN)c(C)n1. The lowest BCUT2D eigenvalue weighted by atomic mass is 10.0. The molecule has 0 bridgehead atoms. The van der Waals surface area contributed by atoms with Crippen LogP contribution in [-0.2, 0) is 0 Å². The van der Waals surface area contributed by atoms with E-state index >= 15 is 0 Å². The molecular formula is C10H17N3O. The van der Waals surface area contributed by atoms with Crippen molar-refractivity contribution in [2.24, 2.45) is 5.73 Å². The van der Waals surface area contributed by atoms with E-state index in [1.54, 1.807) is 6.20 Å². The molecule has 1 atom stereocenters. The summed E-state index contributed by atoms with van der Waals surface area (Å²) in [6, 6.07) is 0.443. The van der Waals surface area contributed by atoms with Gasteiger partial charge >= 0.3 is 6.01 Å². The summed E-state index contributed by atoms with van der Waals surface area (Å²) in [4.78, 5) is 8.35. The molecule has 0 amide bonds. The first-order valence-electron chi connectivity index (χ1n) is 4.85. The summed E-state index contributed by atoms with van der Waals surface area (Å²) in [7, 11) is 0. The van der Waals surface area contributed by atoms with Crippen LogP contribution in [0.5, 0.6) is 6.01 Å². The Hall–Kier alpha value is -1.16. The van der Waals surface area contributed by atoms with Gasteiger partial charge in [-0.05, 0) is 31.9 Å². The highest BCUT2D eigenvalue weighted by molar-refractivity contribution is 5.21. The van der Waals surface area contributed by atoms with Gasteiger partial charge in [0.2, 0.25) is 0 Å². The number of hydrogen-bond donors (Lipinski definition) is 1. The molecule has 0 radical (unpaired) electrons. The van der Waals surface area contributed by atoms with Crippen molar-refractivity contribution in [2.45, 2.75) is 26.7 Å². The molecule has 0 aliphatic heterocycles. The number of nitrogens with two attached hydrogens (primary N) is 1. The highest BCUT2D eigenvalue weighted by Gasteiger charge is 2.09. The van der Waals surface area contributed by atoms with Crippen LogP contribution in [0, 0.1) is 6.92 Å². The molecule has 78 valence electrons. The van der Waals surface area contributed by atoms with Gasteiger partial charge in [0.15, 0.2) is 0 Å². The largest absolute Gasteiger partial charge is 0.464 e. The Labute approximate surface area is 84.5 Å². The van der Waals surface area contributed by atoms with Crippen molar-refractivity contribution >= 4 is 0 Å². The lowest BCUT2D eigenvalue weighted by Gasteiger charge is -2.11. The van der Waals surface area contributed by atoms with Crippen molar-refractivity contribution in [2.75, 3.05) is 13.2 Å². The maximum absolute atomic E-state index is 5.58. The van der Waals surface area contributed by atoms with Gasteiger partial charge < -0.3 is 10.5 Å². The number of nitrogens with zero attached hydrogens (tertiary/aromatic N) is 2. The summed E-state index contributed by atoms with van der Waals surface area (Å²) in [6.45, 7) is 7.12. The molecule has 0 saturated heterocycles. The van der Waals surface area contributed by atoms with E-state index in [1.165, 1.54) is 0 Å². The molecule has 0 saturated carbocycles. The van der Waals surface area contributed by atoms with Crippen molar-refractivity contribution in [1.29, 1.82) is 0 Å². The number of aromatic nitrogens is 2. The first-order chi connectivity index (χ1) is 6.69. The van der Waals surface area contributed by atoms with Crippen LogP contribution in [0.1, 0.15) is 31.0 Å². The zero-order chi connectivity index (χ0) is 10.6. The van der Waals surface area contributed by atoms with Crippen LogP contribution in [0.2, 0.25) is 0 Å². The number of rotatable bonds is 4. The average molecular weight is 195 g/mol. The lowest BCUT2D eigenvalue weighted by molar-refractivity contribution is 0.311. The van der Waals surface area contributed by atoms with Gasteiger partial charge in [0, 0.05) is 11.9 Å². The van der Waals surface area contributed by atoms with E-state index in [-0.39, 0.29) is 0 Å². The minimum absolute atomic E-state index is 0.297. The Balaban J connectivity index is 2.89. The van der Waals surface area contributed by atoms with Gasteiger partial charge in [-0.15, -0.1) is 0 Å². The summed E-state index contributed by atoms with van der Waals surface area (Å²) >= 11 is 0. The van der Waals surface area contributed by atoms with E-state index in [0.29, 0.717) is 25.1 Å². The van der Waals surface area contributed by atoms with E-state index in [2.05, 4.69) is 16.9 Å². The van der Waals surface area contributed by atoms with E-state index in [0.717, 1.165) is 11.3 Å². The number of aryl methyl sites for hydroxylation is 1. The van der Waals surface area contributed by atoms with Crippen LogP contribution < -0.4 is 10.5 Å². The minimum Gasteiger partial charge on any atom is -0.464 e. The van der Waals surface area contributed by atoms with Crippen molar-refractivity contribution < 1.29 is 4.74 Å². The van der Waals surface area contributed by atoms with Crippen LogP contribution >= 0.6 is 0 Å². The fraction of sp³-hybridized carbons (Fsp3) is 0.600. The second kappa shape index (κ2) is 4.91. The zero-order valence-corrected chi connectivity index (χ0v) is 8.95. The molecule has 1 unspecified atom stereocenters. The van der Waals surface area contributed by atoms with E-state index in [1.807, 2.05) is 13.8 Å². The van der Waals surface area contributed by atoms with Crippen molar-refractivity contribution in [3.8, 4) is 6.01 Å². The molecule has 0 aromatic carbocycles. The van der Waals surface area contributed by atoms with Gasteiger partial charge in [-0.2, -0.15) is 0 Å². The Morgan fingerprint density at radius 3 is 2.79 bits per heavy atom. The Morgan fingerprint density at radius 1 is 1.57 bits per heavy atom. The van der Waals surface area contributed by atoms with Crippen LogP contribution in [-0.4, -0.2) is 23.1 Å². The molecule has 4 heteroatoms. The Morgan fingerprint density at radius 2 is 2.29 bits per heavy atom. The van der Waals surface area contributed by atoms with E-state index in [4.69, 9.17) is 10.5 Å². The zero-order valence-electron chi connectivity index (χ0n) is 8.95. The topological polar surface area (TPSA) is 61.0 Å². The average Bonchev–Trinajstić information content (AvgIpc) is 2.17. The monoisotopic (exact) mass is 195 g/mol.